The van der Waals surface area contributed by atoms with Crippen molar-refractivity contribution in [3.8, 4) is 5.82 Å². The van der Waals surface area contributed by atoms with Crippen molar-refractivity contribution in [3.63, 3.8) is 0 Å². The Morgan fingerprint density at radius 1 is 1.21 bits per heavy atom. The highest BCUT2D eigenvalue weighted by Crippen LogP contribution is 2.28. The molecular formula is C17H20F3N5O3S. The SMILES string of the molecule is Cc1c(C(=O)NCCN2CCS(=O)(=O)CC2)cnn1-c1ccc(C(F)(F)F)cn1. The average molecular weight is 431 g/mol. The molecule has 0 saturated carbocycles. The Balaban J connectivity index is 1.59. The molecule has 0 bridgehead atoms. The van der Waals surface area contributed by atoms with Crippen LogP contribution in [0.15, 0.2) is 24.5 Å². The Hall–Kier alpha value is -2.47. The maximum absolute atomic E-state index is 12.7. The second-order valence-corrected chi connectivity index (χ2v) is 9.01. The maximum atomic E-state index is 12.7. The third-order valence-electron chi connectivity index (χ3n) is 4.70. The topological polar surface area (TPSA) is 97.2 Å². The number of carbonyl (C=O) groups excluding carboxylic acids is 1. The third-order valence-corrected chi connectivity index (χ3v) is 6.31. The van der Waals surface area contributed by atoms with Gasteiger partial charge in [0.15, 0.2) is 15.7 Å². The number of halogens is 3. The molecule has 0 spiro atoms. The Labute approximate surface area is 165 Å². The Bertz CT molecular complexity index is 973. The van der Waals surface area contributed by atoms with Gasteiger partial charge in [0.1, 0.15) is 0 Å². The fraction of sp³-hybridized carbons (Fsp3) is 0.471. The first kappa shape index (κ1) is 21.2. The van der Waals surface area contributed by atoms with E-state index in [9.17, 15) is 26.4 Å². The van der Waals surface area contributed by atoms with Gasteiger partial charge in [-0.1, -0.05) is 0 Å². The molecule has 158 valence electrons. The summed E-state index contributed by atoms with van der Waals surface area (Å²) in [5.74, 6) is 0.0364. The monoisotopic (exact) mass is 431 g/mol. The number of amides is 1. The molecule has 0 aromatic carbocycles. The number of pyridine rings is 1. The van der Waals surface area contributed by atoms with Gasteiger partial charge >= 0.3 is 6.18 Å². The lowest BCUT2D eigenvalue weighted by atomic mass is 10.2. The number of sulfone groups is 1. The normalized spacial score (nSPS) is 17.2. The van der Waals surface area contributed by atoms with Crippen molar-refractivity contribution >= 4 is 15.7 Å². The quantitative estimate of drug-likeness (QED) is 0.760. The molecule has 1 N–H and O–H groups in total. The highest BCUT2D eigenvalue weighted by atomic mass is 32.2. The van der Waals surface area contributed by atoms with Crippen molar-refractivity contribution in [1.29, 1.82) is 0 Å². The van der Waals surface area contributed by atoms with Crippen LogP contribution in [0.3, 0.4) is 0 Å². The van der Waals surface area contributed by atoms with Crippen molar-refractivity contribution < 1.29 is 26.4 Å². The van der Waals surface area contributed by atoms with E-state index in [4.69, 9.17) is 0 Å². The zero-order valence-corrected chi connectivity index (χ0v) is 16.4. The number of hydrogen-bond acceptors (Lipinski definition) is 6. The standard InChI is InChI=1S/C17H20F3N5O3S/c1-12-14(16(26)21-4-5-24-6-8-29(27,28)9-7-24)11-23-25(12)15-3-2-13(10-22-15)17(18,19)20/h2-3,10-11H,4-9H2,1H3,(H,21,26). The van der Waals surface area contributed by atoms with E-state index in [0.29, 0.717) is 31.9 Å². The molecule has 1 aliphatic heterocycles. The lowest BCUT2D eigenvalue weighted by molar-refractivity contribution is -0.137. The summed E-state index contributed by atoms with van der Waals surface area (Å²) >= 11 is 0. The van der Waals surface area contributed by atoms with Crippen LogP contribution in [0.2, 0.25) is 0 Å². The molecule has 0 aliphatic carbocycles. The fourth-order valence-electron chi connectivity index (χ4n) is 2.94. The molecule has 2 aromatic heterocycles. The predicted molar refractivity (Wildman–Crippen MR) is 98.5 cm³/mol. The van der Waals surface area contributed by atoms with Crippen molar-refractivity contribution in [2.24, 2.45) is 0 Å². The van der Waals surface area contributed by atoms with Crippen molar-refractivity contribution in [2.75, 3.05) is 37.7 Å². The van der Waals surface area contributed by atoms with E-state index in [-0.39, 0.29) is 28.8 Å². The van der Waals surface area contributed by atoms with Crippen LogP contribution >= 0.6 is 0 Å². The number of carbonyl (C=O) groups is 1. The van der Waals surface area contributed by atoms with Crippen LogP contribution < -0.4 is 5.32 Å². The number of nitrogens with one attached hydrogen (secondary N) is 1. The fourth-order valence-corrected chi connectivity index (χ4v) is 4.22. The molecule has 29 heavy (non-hydrogen) atoms. The van der Waals surface area contributed by atoms with Gasteiger partial charge in [0.2, 0.25) is 0 Å². The molecule has 0 atom stereocenters. The van der Waals surface area contributed by atoms with Gasteiger partial charge in [0, 0.05) is 32.4 Å². The van der Waals surface area contributed by atoms with Gasteiger partial charge in [-0.05, 0) is 19.1 Å². The highest BCUT2D eigenvalue weighted by molar-refractivity contribution is 7.91. The van der Waals surface area contributed by atoms with Crippen LogP contribution in [-0.2, 0) is 16.0 Å². The second-order valence-electron chi connectivity index (χ2n) is 6.71. The lowest BCUT2D eigenvalue weighted by Crippen LogP contribution is -2.43. The minimum absolute atomic E-state index is 0.118. The first-order valence-corrected chi connectivity index (χ1v) is 10.7. The van der Waals surface area contributed by atoms with Crippen molar-refractivity contribution in [3.05, 3.63) is 41.3 Å². The van der Waals surface area contributed by atoms with Crippen LogP contribution in [0.1, 0.15) is 21.6 Å². The minimum atomic E-state index is -4.48. The summed E-state index contributed by atoms with van der Waals surface area (Å²) in [6.07, 6.45) is -2.43. The summed E-state index contributed by atoms with van der Waals surface area (Å²) in [4.78, 5) is 18.1. The van der Waals surface area contributed by atoms with Crippen molar-refractivity contribution in [2.45, 2.75) is 13.1 Å². The van der Waals surface area contributed by atoms with Gasteiger partial charge in [0.25, 0.3) is 5.91 Å². The summed E-state index contributed by atoms with van der Waals surface area (Å²) in [7, 11) is -2.95. The molecular weight excluding hydrogens is 411 g/mol. The first-order chi connectivity index (χ1) is 13.6. The molecule has 1 saturated heterocycles. The van der Waals surface area contributed by atoms with Crippen LogP contribution in [0.4, 0.5) is 13.2 Å². The van der Waals surface area contributed by atoms with Gasteiger partial charge in [0.05, 0.1) is 34.5 Å². The summed E-state index contributed by atoms with van der Waals surface area (Å²) in [5, 5.41) is 6.80. The molecule has 3 rings (SSSR count). The molecule has 1 aliphatic rings. The van der Waals surface area contributed by atoms with Crippen LogP contribution in [-0.4, -0.2) is 71.7 Å². The van der Waals surface area contributed by atoms with Gasteiger partial charge in [-0.25, -0.2) is 18.1 Å². The molecule has 1 amide bonds. The number of alkyl halides is 3. The Kier molecular flexibility index (Phi) is 5.94. The second kappa shape index (κ2) is 8.11. The van der Waals surface area contributed by atoms with Crippen molar-refractivity contribution in [1.82, 2.24) is 25.0 Å². The van der Waals surface area contributed by atoms with E-state index in [1.165, 1.54) is 16.9 Å². The van der Waals surface area contributed by atoms with Gasteiger partial charge < -0.3 is 5.32 Å². The Morgan fingerprint density at radius 3 is 2.48 bits per heavy atom. The van der Waals surface area contributed by atoms with E-state index in [1.807, 2.05) is 4.90 Å². The summed E-state index contributed by atoms with van der Waals surface area (Å²) < 4.78 is 62.1. The zero-order valence-electron chi connectivity index (χ0n) is 15.6. The minimum Gasteiger partial charge on any atom is -0.351 e. The number of nitrogens with zero attached hydrogens (tertiary/aromatic N) is 4. The third kappa shape index (κ3) is 5.12. The Morgan fingerprint density at radius 2 is 1.90 bits per heavy atom. The molecule has 1 fully saturated rings. The van der Waals surface area contributed by atoms with E-state index < -0.39 is 21.6 Å². The van der Waals surface area contributed by atoms with Gasteiger partial charge in [-0.15, -0.1) is 0 Å². The smallest absolute Gasteiger partial charge is 0.351 e. The van der Waals surface area contributed by atoms with E-state index >= 15 is 0 Å². The largest absolute Gasteiger partial charge is 0.417 e. The number of hydrogen-bond donors (Lipinski definition) is 1. The van der Waals surface area contributed by atoms with E-state index in [1.54, 1.807) is 6.92 Å². The highest BCUT2D eigenvalue weighted by Gasteiger charge is 2.31. The number of rotatable bonds is 5. The number of aromatic nitrogens is 3. The van der Waals surface area contributed by atoms with E-state index in [0.717, 1.165) is 12.3 Å². The summed E-state index contributed by atoms with van der Waals surface area (Å²) in [5.41, 5.74) is -0.138. The molecule has 2 aromatic rings. The molecule has 0 radical (unpaired) electrons. The molecule has 8 nitrogen and oxygen atoms in total. The van der Waals surface area contributed by atoms with Gasteiger partial charge in [-0.2, -0.15) is 18.3 Å². The van der Waals surface area contributed by atoms with Crippen LogP contribution in [0.25, 0.3) is 5.82 Å². The first-order valence-electron chi connectivity index (χ1n) is 8.86. The zero-order chi connectivity index (χ0) is 21.2. The van der Waals surface area contributed by atoms with E-state index in [2.05, 4.69) is 15.4 Å². The average Bonchev–Trinajstić information content (AvgIpc) is 3.04. The van der Waals surface area contributed by atoms with Crippen LogP contribution in [0.5, 0.6) is 0 Å². The van der Waals surface area contributed by atoms with Crippen LogP contribution in [0, 0.1) is 6.92 Å². The molecule has 3 heterocycles. The molecule has 0 unspecified atom stereocenters. The molecule has 12 heteroatoms. The summed E-state index contributed by atoms with van der Waals surface area (Å²) in [6, 6.07) is 2.09. The predicted octanol–water partition coefficient (Wildman–Crippen LogP) is 1.05. The van der Waals surface area contributed by atoms with Gasteiger partial charge in [-0.3, -0.25) is 9.69 Å². The summed E-state index contributed by atoms with van der Waals surface area (Å²) in [6.45, 7) is 3.36. The lowest BCUT2D eigenvalue weighted by Gasteiger charge is -2.26. The maximum Gasteiger partial charge on any atom is 0.417 e.